The van der Waals surface area contributed by atoms with Gasteiger partial charge in [-0.05, 0) is 37.1 Å². The molecule has 8 heteroatoms. The lowest BCUT2D eigenvalue weighted by molar-refractivity contribution is -0.124. The van der Waals surface area contributed by atoms with E-state index in [1.807, 2.05) is 25.1 Å². The molecule has 0 bridgehead atoms. The number of nitrogens with one attached hydrogen (secondary N) is 2. The number of aryl methyl sites for hydroxylation is 1. The van der Waals surface area contributed by atoms with Gasteiger partial charge in [-0.1, -0.05) is 43.7 Å². The van der Waals surface area contributed by atoms with Crippen LogP contribution < -0.4 is 19.5 Å². The van der Waals surface area contributed by atoms with Crippen molar-refractivity contribution < 1.29 is 22.7 Å². The summed E-state index contributed by atoms with van der Waals surface area (Å²) in [4.78, 5) is 12.8. The molecule has 0 spiro atoms. The molecular weight excluding hydrogens is 392 g/mol. The Hall–Kier alpha value is -2.58. The average molecular weight is 419 g/mol. The third kappa shape index (κ3) is 5.27. The second-order valence-electron chi connectivity index (χ2n) is 7.40. The Labute approximate surface area is 171 Å². The topological polar surface area (TPSA) is 93.7 Å². The quantitative estimate of drug-likeness (QED) is 0.719. The Bertz CT molecular complexity index is 957. The molecule has 1 heterocycles. The maximum Gasteiger partial charge on any atom is 0.241 e. The van der Waals surface area contributed by atoms with E-state index >= 15 is 0 Å². The highest BCUT2D eigenvalue weighted by atomic mass is 32.2. The van der Waals surface area contributed by atoms with Crippen LogP contribution in [0, 0.1) is 12.8 Å². The van der Waals surface area contributed by atoms with Gasteiger partial charge >= 0.3 is 0 Å². The average Bonchev–Trinajstić information content (AvgIpc) is 2.70. The van der Waals surface area contributed by atoms with Gasteiger partial charge < -0.3 is 14.8 Å². The minimum atomic E-state index is -3.82. The Morgan fingerprint density at radius 2 is 1.76 bits per heavy atom. The summed E-state index contributed by atoms with van der Waals surface area (Å²) in [6.45, 7) is 5.97. The van der Waals surface area contributed by atoms with E-state index in [2.05, 4.69) is 10.0 Å². The number of amides is 1. The maximum atomic E-state index is 12.7. The Kier molecular flexibility index (Phi) is 6.44. The summed E-state index contributed by atoms with van der Waals surface area (Å²) < 4.78 is 39.3. The fourth-order valence-corrected chi connectivity index (χ4v) is 4.28. The third-order valence-corrected chi connectivity index (χ3v) is 6.09. The number of carbonyl (C=O) groups excluding carboxylic acids is 1. The van der Waals surface area contributed by atoms with E-state index in [-0.39, 0.29) is 23.5 Å². The van der Waals surface area contributed by atoms with Crippen molar-refractivity contribution in [2.75, 3.05) is 13.2 Å². The fourth-order valence-electron chi connectivity index (χ4n) is 2.93. The molecule has 0 radical (unpaired) electrons. The first-order valence-corrected chi connectivity index (χ1v) is 11.0. The molecule has 2 aromatic carbocycles. The SMILES string of the molecule is Cc1ccc(S(=O)(=O)N[C@H](C(=O)NC[C@H]2COc3ccccc3O2)C(C)C)cc1. The number of sulfonamides is 1. The summed E-state index contributed by atoms with van der Waals surface area (Å²) in [5, 5.41) is 2.78. The van der Waals surface area contributed by atoms with E-state index in [0.717, 1.165) is 5.56 Å². The first-order chi connectivity index (χ1) is 13.8. The summed E-state index contributed by atoms with van der Waals surface area (Å²) >= 11 is 0. The lowest BCUT2D eigenvalue weighted by atomic mass is 10.1. The molecule has 7 nitrogen and oxygen atoms in total. The van der Waals surface area contributed by atoms with Crippen LogP contribution in [0.5, 0.6) is 11.5 Å². The molecular formula is C21H26N2O5S. The highest BCUT2D eigenvalue weighted by molar-refractivity contribution is 7.89. The zero-order valence-electron chi connectivity index (χ0n) is 16.7. The van der Waals surface area contributed by atoms with E-state index in [4.69, 9.17) is 9.47 Å². The number of hydrogen-bond acceptors (Lipinski definition) is 5. The van der Waals surface area contributed by atoms with Gasteiger partial charge in [0.1, 0.15) is 18.8 Å². The molecule has 2 N–H and O–H groups in total. The van der Waals surface area contributed by atoms with Crippen molar-refractivity contribution in [3.05, 3.63) is 54.1 Å². The third-order valence-electron chi connectivity index (χ3n) is 4.63. The number of carbonyl (C=O) groups is 1. The predicted octanol–water partition coefficient (Wildman–Crippen LogP) is 2.25. The number of fused-ring (bicyclic) bond motifs is 1. The second kappa shape index (κ2) is 8.84. The van der Waals surface area contributed by atoms with Crippen molar-refractivity contribution in [3.8, 4) is 11.5 Å². The highest BCUT2D eigenvalue weighted by Crippen LogP contribution is 2.30. The van der Waals surface area contributed by atoms with Crippen molar-refractivity contribution in [2.45, 2.75) is 37.8 Å². The Morgan fingerprint density at radius 3 is 2.41 bits per heavy atom. The fraction of sp³-hybridized carbons (Fsp3) is 0.381. The van der Waals surface area contributed by atoms with E-state index in [1.54, 1.807) is 32.0 Å². The van der Waals surface area contributed by atoms with Gasteiger partial charge in [-0.15, -0.1) is 0 Å². The number of hydrogen-bond donors (Lipinski definition) is 2. The lowest BCUT2D eigenvalue weighted by Crippen LogP contribution is -2.52. The lowest BCUT2D eigenvalue weighted by Gasteiger charge is -2.28. The van der Waals surface area contributed by atoms with Gasteiger partial charge in [-0.25, -0.2) is 8.42 Å². The molecule has 29 heavy (non-hydrogen) atoms. The number of ether oxygens (including phenoxy) is 2. The van der Waals surface area contributed by atoms with Gasteiger partial charge in [0, 0.05) is 0 Å². The van der Waals surface area contributed by atoms with Crippen LogP contribution in [0.4, 0.5) is 0 Å². The van der Waals surface area contributed by atoms with E-state index in [0.29, 0.717) is 18.1 Å². The molecule has 0 unspecified atom stereocenters. The summed E-state index contributed by atoms with van der Waals surface area (Å²) in [6, 6.07) is 12.9. The standard InChI is InChI=1S/C21H26N2O5S/c1-14(2)20(23-29(25,26)17-10-8-15(3)9-11-17)21(24)22-12-16-13-27-18-6-4-5-7-19(18)28-16/h4-11,14,16,20,23H,12-13H2,1-3H3,(H,22,24)/t16-,20-/m0/s1. The minimum Gasteiger partial charge on any atom is -0.486 e. The number of benzene rings is 2. The van der Waals surface area contributed by atoms with Crippen LogP contribution in [0.2, 0.25) is 0 Å². The van der Waals surface area contributed by atoms with Crippen molar-refractivity contribution >= 4 is 15.9 Å². The molecule has 2 aromatic rings. The van der Waals surface area contributed by atoms with Crippen LogP contribution in [-0.4, -0.2) is 39.6 Å². The normalized spacial score (nSPS) is 17.0. The molecule has 1 aliphatic heterocycles. The molecule has 0 saturated carbocycles. The van der Waals surface area contributed by atoms with Crippen molar-refractivity contribution in [1.29, 1.82) is 0 Å². The van der Waals surface area contributed by atoms with Crippen molar-refractivity contribution in [2.24, 2.45) is 5.92 Å². The molecule has 1 amide bonds. The van der Waals surface area contributed by atoms with Gasteiger partial charge in [0.2, 0.25) is 15.9 Å². The monoisotopic (exact) mass is 418 g/mol. The van der Waals surface area contributed by atoms with Crippen LogP contribution >= 0.6 is 0 Å². The number of rotatable bonds is 7. The maximum absolute atomic E-state index is 12.7. The molecule has 3 rings (SSSR count). The van der Waals surface area contributed by atoms with Gasteiger partial charge in [0.15, 0.2) is 11.5 Å². The van der Waals surface area contributed by atoms with Crippen LogP contribution in [0.15, 0.2) is 53.4 Å². The predicted molar refractivity (Wildman–Crippen MR) is 109 cm³/mol. The van der Waals surface area contributed by atoms with Crippen LogP contribution in [0.25, 0.3) is 0 Å². The van der Waals surface area contributed by atoms with Gasteiger partial charge in [0.25, 0.3) is 0 Å². The van der Waals surface area contributed by atoms with Gasteiger partial charge in [-0.2, -0.15) is 4.72 Å². The van der Waals surface area contributed by atoms with Gasteiger partial charge in [-0.3, -0.25) is 4.79 Å². The van der Waals surface area contributed by atoms with Crippen LogP contribution in [-0.2, 0) is 14.8 Å². The summed E-state index contributed by atoms with van der Waals surface area (Å²) in [6.07, 6.45) is -0.352. The van der Waals surface area contributed by atoms with E-state index in [1.165, 1.54) is 12.1 Å². The van der Waals surface area contributed by atoms with Crippen molar-refractivity contribution in [1.82, 2.24) is 10.0 Å². The molecule has 0 saturated heterocycles. The van der Waals surface area contributed by atoms with Gasteiger partial charge in [0.05, 0.1) is 11.4 Å². The second-order valence-corrected chi connectivity index (χ2v) is 9.11. The molecule has 156 valence electrons. The Balaban J connectivity index is 1.62. The Morgan fingerprint density at radius 1 is 1.10 bits per heavy atom. The number of para-hydroxylation sites is 2. The van der Waals surface area contributed by atoms with Crippen molar-refractivity contribution in [3.63, 3.8) is 0 Å². The zero-order chi connectivity index (χ0) is 21.0. The molecule has 2 atom stereocenters. The van der Waals surface area contributed by atoms with Crippen LogP contribution in [0.3, 0.4) is 0 Å². The molecule has 0 aromatic heterocycles. The summed E-state index contributed by atoms with van der Waals surface area (Å²) in [7, 11) is -3.82. The smallest absolute Gasteiger partial charge is 0.241 e. The first kappa shape index (κ1) is 21.1. The first-order valence-electron chi connectivity index (χ1n) is 9.51. The van der Waals surface area contributed by atoms with E-state index in [9.17, 15) is 13.2 Å². The highest BCUT2D eigenvalue weighted by Gasteiger charge is 2.29. The van der Waals surface area contributed by atoms with E-state index < -0.39 is 22.0 Å². The molecule has 0 aliphatic carbocycles. The molecule has 1 aliphatic rings. The minimum absolute atomic E-state index is 0.127. The largest absolute Gasteiger partial charge is 0.486 e. The molecule has 0 fully saturated rings. The van der Waals surface area contributed by atoms with Crippen LogP contribution in [0.1, 0.15) is 19.4 Å². The zero-order valence-corrected chi connectivity index (χ0v) is 17.5. The summed E-state index contributed by atoms with van der Waals surface area (Å²) in [5.74, 6) is 0.650. The summed E-state index contributed by atoms with van der Waals surface area (Å²) in [5.41, 5.74) is 0.957.